The van der Waals surface area contributed by atoms with E-state index in [2.05, 4.69) is 70.0 Å². The van der Waals surface area contributed by atoms with E-state index in [4.69, 9.17) is 4.74 Å². The number of benzene rings is 1. The highest BCUT2D eigenvalue weighted by Gasteiger charge is 2.19. The van der Waals surface area contributed by atoms with Gasteiger partial charge in [-0.15, -0.1) is 0 Å². The van der Waals surface area contributed by atoms with Crippen LogP contribution in [0.15, 0.2) is 40.2 Å². The van der Waals surface area contributed by atoms with E-state index in [0.717, 1.165) is 24.3 Å². The summed E-state index contributed by atoms with van der Waals surface area (Å²) in [6.07, 6.45) is 7.91. The molecule has 0 spiro atoms. The summed E-state index contributed by atoms with van der Waals surface area (Å²) in [6, 6.07) is 6.41. The van der Waals surface area contributed by atoms with E-state index in [1.807, 2.05) is 26.8 Å². The monoisotopic (exact) mass is 390 g/mol. The fraction of sp³-hybridized carbons (Fsp3) is 0.680. The van der Waals surface area contributed by atoms with Crippen LogP contribution in [-0.4, -0.2) is 13.7 Å². The second-order valence-electron chi connectivity index (χ2n) is 7.64. The van der Waals surface area contributed by atoms with Crippen LogP contribution >= 0.6 is 0 Å². The Morgan fingerprint density at radius 3 is 2.11 bits per heavy atom. The van der Waals surface area contributed by atoms with Crippen molar-refractivity contribution in [3.8, 4) is 5.75 Å². The molecule has 3 nitrogen and oxygen atoms in total. The maximum absolute atomic E-state index is 5.99. The summed E-state index contributed by atoms with van der Waals surface area (Å²) in [5.41, 5.74) is 3.64. The Labute approximate surface area is 175 Å². The van der Waals surface area contributed by atoms with E-state index >= 15 is 0 Å². The number of nitrogens with zero attached hydrogens (tertiary/aromatic N) is 2. The molecule has 0 saturated heterocycles. The molecule has 0 bridgehead atoms. The fourth-order valence-corrected chi connectivity index (χ4v) is 2.53. The third-order valence-corrected chi connectivity index (χ3v) is 4.05. The van der Waals surface area contributed by atoms with Crippen LogP contribution in [0.3, 0.4) is 0 Å². The third-order valence-electron chi connectivity index (χ3n) is 4.05. The largest absolute Gasteiger partial charge is 0.493 e. The Kier molecular flexibility index (Phi) is 17.8. The average molecular weight is 391 g/mol. The molecule has 28 heavy (non-hydrogen) atoms. The first-order valence-electron chi connectivity index (χ1n) is 11.0. The summed E-state index contributed by atoms with van der Waals surface area (Å²) in [6.45, 7) is 19.9. The first kappa shape index (κ1) is 28.6. The lowest BCUT2D eigenvalue weighted by Gasteiger charge is -2.23. The Hall–Kier alpha value is -1.64. The molecule has 0 aliphatic rings. The minimum Gasteiger partial charge on any atom is -0.493 e. The van der Waals surface area contributed by atoms with Gasteiger partial charge in [0.15, 0.2) is 0 Å². The Morgan fingerprint density at radius 2 is 1.68 bits per heavy atom. The predicted molar refractivity (Wildman–Crippen MR) is 126 cm³/mol. The van der Waals surface area contributed by atoms with Gasteiger partial charge in [-0.25, -0.2) is 0 Å². The molecule has 1 aromatic rings. The van der Waals surface area contributed by atoms with Crippen molar-refractivity contribution in [2.75, 3.05) is 13.7 Å². The number of hydrogen-bond donors (Lipinski definition) is 0. The van der Waals surface area contributed by atoms with Crippen LogP contribution in [0.2, 0.25) is 0 Å². The number of hydrogen-bond acceptors (Lipinski definition) is 3. The third kappa shape index (κ3) is 13.5. The molecule has 3 heteroatoms. The van der Waals surface area contributed by atoms with Gasteiger partial charge in [-0.05, 0) is 43.7 Å². The number of aryl methyl sites for hydroxylation is 1. The van der Waals surface area contributed by atoms with Gasteiger partial charge in [-0.2, -0.15) is 10.2 Å². The minimum absolute atomic E-state index is 0.0895. The Balaban J connectivity index is 0. The van der Waals surface area contributed by atoms with Crippen molar-refractivity contribution >= 4 is 0 Å². The predicted octanol–water partition coefficient (Wildman–Crippen LogP) is 8.66. The van der Waals surface area contributed by atoms with Crippen LogP contribution in [0.1, 0.15) is 98.6 Å². The van der Waals surface area contributed by atoms with E-state index in [1.165, 1.54) is 30.4 Å². The molecule has 0 aliphatic carbocycles. The van der Waals surface area contributed by atoms with Crippen LogP contribution in [0.5, 0.6) is 5.75 Å². The SMILES string of the molecule is C/C=C(/CCCOc1ccc(C)cc1C(C)(C)C)N=NC.CC.CCCCC. The van der Waals surface area contributed by atoms with Crippen molar-refractivity contribution in [1.82, 2.24) is 0 Å². The Bertz CT molecular complexity index is 552. The molecule has 0 aliphatic heterocycles. The lowest BCUT2D eigenvalue weighted by atomic mass is 9.85. The molecule has 0 amide bonds. The molecule has 1 rings (SSSR count). The van der Waals surface area contributed by atoms with Gasteiger partial charge in [-0.1, -0.05) is 91.5 Å². The van der Waals surface area contributed by atoms with Crippen LogP contribution < -0.4 is 4.74 Å². The molecule has 0 unspecified atom stereocenters. The summed E-state index contributed by atoms with van der Waals surface area (Å²) >= 11 is 0. The van der Waals surface area contributed by atoms with E-state index in [-0.39, 0.29) is 5.41 Å². The summed E-state index contributed by atoms with van der Waals surface area (Å²) < 4.78 is 5.99. The fourth-order valence-electron chi connectivity index (χ4n) is 2.53. The van der Waals surface area contributed by atoms with Crippen molar-refractivity contribution in [2.45, 2.75) is 99.8 Å². The van der Waals surface area contributed by atoms with Gasteiger partial charge in [0, 0.05) is 7.05 Å². The molecule has 0 aromatic heterocycles. The molecule has 0 radical (unpaired) electrons. The number of rotatable bonds is 8. The number of ether oxygens (including phenoxy) is 1. The van der Waals surface area contributed by atoms with Crippen molar-refractivity contribution in [3.63, 3.8) is 0 Å². The van der Waals surface area contributed by atoms with Gasteiger partial charge >= 0.3 is 0 Å². The highest BCUT2D eigenvalue weighted by molar-refractivity contribution is 5.41. The van der Waals surface area contributed by atoms with Gasteiger partial charge in [0.25, 0.3) is 0 Å². The summed E-state index contributed by atoms with van der Waals surface area (Å²) in [4.78, 5) is 0. The van der Waals surface area contributed by atoms with Crippen molar-refractivity contribution < 1.29 is 4.74 Å². The van der Waals surface area contributed by atoms with E-state index in [0.29, 0.717) is 6.61 Å². The molecule has 0 N–H and O–H groups in total. The Morgan fingerprint density at radius 1 is 1.07 bits per heavy atom. The lowest BCUT2D eigenvalue weighted by Crippen LogP contribution is -2.14. The van der Waals surface area contributed by atoms with Gasteiger partial charge < -0.3 is 4.74 Å². The topological polar surface area (TPSA) is 34.0 Å². The molecule has 1 aromatic carbocycles. The van der Waals surface area contributed by atoms with Gasteiger partial charge in [-0.3, -0.25) is 0 Å². The molecule has 162 valence electrons. The second kappa shape index (κ2) is 17.5. The first-order chi connectivity index (χ1) is 13.3. The lowest BCUT2D eigenvalue weighted by molar-refractivity contribution is 0.302. The molecule has 0 heterocycles. The van der Waals surface area contributed by atoms with E-state index in [1.54, 1.807) is 7.05 Å². The van der Waals surface area contributed by atoms with E-state index in [9.17, 15) is 0 Å². The van der Waals surface area contributed by atoms with Crippen LogP contribution in [0, 0.1) is 6.92 Å². The second-order valence-corrected chi connectivity index (χ2v) is 7.64. The van der Waals surface area contributed by atoms with Gasteiger partial charge in [0.05, 0.1) is 12.3 Å². The molecular weight excluding hydrogens is 344 g/mol. The molecule has 0 fully saturated rings. The molecular formula is C25H46N2O. The highest BCUT2D eigenvalue weighted by Crippen LogP contribution is 2.32. The zero-order chi connectivity index (χ0) is 22.0. The number of unbranched alkanes of at least 4 members (excludes halogenated alkanes) is 2. The van der Waals surface area contributed by atoms with Gasteiger partial charge in [0.2, 0.25) is 0 Å². The van der Waals surface area contributed by atoms with Crippen molar-refractivity contribution in [1.29, 1.82) is 0 Å². The van der Waals surface area contributed by atoms with Crippen LogP contribution in [-0.2, 0) is 5.41 Å². The standard InChI is InChI=1S/C18H28N2O.C5H12.C2H6/c1-7-15(20-19-6)9-8-12-21-17-11-10-14(2)13-16(17)18(3,4)5;1-3-5-4-2;1-2/h7,10-11,13H,8-9,12H2,1-6H3;3-5H2,1-2H3;1-2H3/b15-7-,20-19?;;. The minimum atomic E-state index is 0.0895. The van der Waals surface area contributed by atoms with Crippen LogP contribution in [0.4, 0.5) is 0 Å². The summed E-state index contributed by atoms with van der Waals surface area (Å²) in [5, 5.41) is 7.90. The number of allylic oxidation sites excluding steroid dienone is 2. The van der Waals surface area contributed by atoms with E-state index < -0.39 is 0 Å². The highest BCUT2D eigenvalue weighted by atomic mass is 16.5. The maximum Gasteiger partial charge on any atom is 0.123 e. The van der Waals surface area contributed by atoms with Crippen LogP contribution in [0.25, 0.3) is 0 Å². The normalized spacial score (nSPS) is 11.4. The van der Waals surface area contributed by atoms with Crippen molar-refractivity contribution in [3.05, 3.63) is 41.1 Å². The quantitative estimate of drug-likeness (QED) is 0.323. The summed E-state index contributed by atoms with van der Waals surface area (Å²) in [7, 11) is 1.70. The summed E-state index contributed by atoms with van der Waals surface area (Å²) in [5.74, 6) is 0.993. The molecule has 0 atom stereocenters. The zero-order valence-corrected chi connectivity index (χ0v) is 20.4. The average Bonchev–Trinajstić information content (AvgIpc) is 2.67. The number of azo groups is 1. The molecule has 0 saturated carbocycles. The van der Waals surface area contributed by atoms with Crippen molar-refractivity contribution in [2.24, 2.45) is 10.2 Å². The maximum atomic E-state index is 5.99. The van der Waals surface area contributed by atoms with Gasteiger partial charge in [0.1, 0.15) is 5.75 Å². The smallest absolute Gasteiger partial charge is 0.123 e. The zero-order valence-electron chi connectivity index (χ0n) is 20.4. The first-order valence-corrected chi connectivity index (χ1v) is 11.0.